The minimum atomic E-state index is -0.373. The van der Waals surface area contributed by atoms with E-state index >= 15 is 0 Å². The van der Waals surface area contributed by atoms with E-state index in [-0.39, 0.29) is 5.91 Å². The number of nitrogens with zero attached hydrogens (tertiary/aromatic N) is 4. The molecular formula is C28H37N5O2. The summed E-state index contributed by atoms with van der Waals surface area (Å²) in [7, 11) is 3.98. The van der Waals surface area contributed by atoms with Gasteiger partial charge in [-0.2, -0.15) is 0 Å². The molecule has 186 valence electrons. The van der Waals surface area contributed by atoms with E-state index in [1.807, 2.05) is 18.2 Å². The first kappa shape index (κ1) is 23.7. The van der Waals surface area contributed by atoms with Crippen molar-refractivity contribution in [3.8, 4) is 5.75 Å². The molecule has 1 amide bonds. The maximum atomic E-state index is 11.7. The number of hydrogen-bond acceptors (Lipinski definition) is 5. The lowest BCUT2D eigenvalue weighted by atomic mass is 10.0. The molecule has 2 aliphatic rings. The van der Waals surface area contributed by atoms with Gasteiger partial charge in [0.1, 0.15) is 5.75 Å². The van der Waals surface area contributed by atoms with Crippen LogP contribution in [0.3, 0.4) is 0 Å². The van der Waals surface area contributed by atoms with Crippen molar-refractivity contribution in [1.82, 2.24) is 14.4 Å². The molecule has 0 atom stereocenters. The van der Waals surface area contributed by atoms with Gasteiger partial charge in [-0.1, -0.05) is 12.1 Å². The fraction of sp³-hybridized carbons (Fsp3) is 0.464. The average molecular weight is 476 g/mol. The third-order valence-electron chi connectivity index (χ3n) is 7.81. The van der Waals surface area contributed by atoms with Crippen LogP contribution in [0.5, 0.6) is 5.75 Å². The molecule has 7 nitrogen and oxygen atoms in total. The Bertz CT molecular complexity index is 1170. The molecular weight excluding hydrogens is 438 g/mol. The molecule has 2 saturated heterocycles. The van der Waals surface area contributed by atoms with E-state index in [9.17, 15) is 4.79 Å². The van der Waals surface area contributed by atoms with Gasteiger partial charge in [-0.05, 0) is 62.0 Å². The normalized spacial score (nSPS) is 18.3. The molecule has 2 N–H and O–H groups in total. The maximum Gasteiger partial charge on any atom is 0.248 e. The number of ether oxygens (including phenoxy) is 1. The molecule has 3 aromatic rings. The molecule has 0 aliphatic carbocycles. The highest BCUT2D eigenvalue weighted by molar-refractivity contribution is 5.97. The molecule has 3 heterocycles. The Morgan fingerprint density at radius 1 is 1.03 bits per heavy atom. The summed E-state index contributed by atoms with van der Waals surface area (Å²) in [5, 5.41) is 1.16. The lowest BCUT2D eigenvalue weighted by Gasteiger charge is -2.36. The van der Waals surface area contributed by atoms with Crippen LogP contribution in [0.1, 0.15) is 34.8 Å². The van der Waals surface area contributed by atoms with Crippen molar-refractivity contribution >= 4 is 22.5 Å². The monoisotopic (exact) mass is 475 g/mol. The predicted octanol–water partition coefficient (Wildman–Crippen LogP) is 3.38. The number of anilines is 1. The number of likely N-dealkylation sites (tertiary alicyclic amines) is 1. The van der Waals surface area contributed by atoms with Crippen molar-refractivity contribution in [2.75, 3.05) is 64.9 Å². The van der Waals surface area contributed by atoms with Gasteiger partial charge in [0.2, 0.25) is 5.91 Å². The highest BCUT2D eigenvalue weighted by Crippen LogP contribution is 2.32. The number of piperidine rings is 1. The SMILES string of the molecule is COc1cccc(N2CCN(C)CC2)c1CCN1CCC(n2ccc3ccc(C(N)=O)cc32)CC1. The average Bonchev–Trinajstić information content (AvgIpc) is 3.31. The van der Waals surface area contributed by atoms with Crippen molar-refractivity contribution < 1.29 is 9.53 Å². The van der Waals surface area contributed by atoms with Gasteiger partial charge in [-0.15, -0.1) is 0 Å². The minimum Gasteiger partial charge on any atom is -0.496 e. The largest absolute Gasteiger partial charge is 0.496 e. The summed E-state index contributed by atoms with van der Waals surface area (Å²) in [4.78, 5) is 19.2. The number of methoxy groups -OCH3 is 1. The first-order valence-electron chi connectivity index (χ1n) is 12.8. The molecule has 7 heteroatoms. The molecule has 5 rings (SSSR count). The summed E-state index contributed by atoms with van der Waals surface area (Å²) in [6, 6.07) is 14.8. The second-order valence-corrected chi connectivity index (χ2v) is 9.93. The lowest BCUT2D eigenvalue weighted by molar-refractivity contribution is 0.100. The zero-order valence-electron chi connectivity index (χ0n) is 20.9. The Morgan fingerprint density at radius 3 is 2.51 bits per heavy atom. The summed E-state index contributed by atoms with van der Waals surface area (Å²) >= 11 is 0. The van der Waals surface area contributed by atoms with E-state index in [4.69, 9.17) is 10.5 Å². The minimum absolute atomic E-state index is 0.373. The van der Waals surface area contributed by atoms with Crippen molar-refractivity contribution in [2.45, 2.75) is 25.3 Å². The topological polar surface area (TPSA) is 67.0 Å². The number of amides is 1. The second-order valence-electron chi connectivity index (χ2n) is 9.93. The summed E-state index contributed by atoms with van der Waals surface area (Å²) in [5.74, 6) is 0.627. The van der Waals surface area contributed by atoms with Crippen molar-refractivity contribution in [2.24, 2.45) is 5.73 Å². The van der Waals surface area contributed by atoms with Gasteiger partial charge in [-0.25, -0.2) is 0 Å². The molecule has 2 fully saturated rings. The number of nitrogens with two attached hydrogens (primary N) is 1. The molecule has 0 spiro atoms. The van der Waals surface area contributed by atoms with Crippen molar-refractivity contribution in [1.29, 1.82) is 0 Å². The quantitative estimate of drug-likeness (QED) is 0.568. The first-order valence-corrected chi connectivity index (χ1v) is 12.8. The lowest BCUT2D eigenvalue weighted by Crippen LogP contribution is -2.45. The van der Waals surface area contributed by atoms with Crippen LogP contribution in [0.15, 0.2) is 48.7 Å². The van der Waals surface area contributed by atoms with E-state index < -0.39 is 0 Å². The number of primary amides is 1. The van der Waals surface area contributed by atoms with E-state index in [0.717, 1.165) is 81.7 Å². The molecule has 1 aromatic heterocycles. The van der Waals surface area contributed by atoms with Crippen LogP contribution in [-0.4, -0.2) is 80.2 Å². The number of piperazine rings is 1. The fourth-order valence-corrected chi connectivity index (χ4v) is 5.65. The highest BCUT2D eigenvalue weighted by Gasteiger charge is 2.24. The molecule has 2 aliphatic heterocycles. The number of likely N-dealkylation sites (N-methyl/N-ethyl adjacent to an activating group) is 1. The number of fused-ring (bicyclic) bond motifs is 1. The van der Waals surface area contributed by atoms with Crippen LogP contribution >= 0.6 is 0 Å². The van der Waals surface area contributed by atoms with Crippen LogP contribution in [-0.2, 0) is 6.42 Å². The molecule has 2 aromatic carbocycles. The molecule has 0 radical (unpaired) electrons. The van der Waals surface area contributed by atoms with Gasteiger partial charge in [0.05, 0.1) is 7.11 Å². The Labute approximate surface area is 208 Å². The van der Waals surface area contributed by atoms with Crippen LogP contribution in [0.2, 0.25) is 0 Å². The summed E-state index contributed by atoms with van der Waals surface area (Å²) in [6.07, 6.45) is 5.35. The van der Waals surface area contributed by atoms with Gasteiger partial charge in [0, 0.05) is 80.4 Å². The zero-order chi connectivity index (χ0) is 24.4. The number of benzene rings is 2. The summed E-state index contributed by atoms with van der Waals surface area (Å²) in [5.41, 5.74) is 9.85. The zero-order valence-corrected chi connectivity index (χ0v) is 20.9. The van der Waals surface area contributed by atoms with Crippen LogP contribution in [0, 0.1) is 0 Å². The standard InChI is InChI=1S/C28H37N5O2/c1-30-16-18-32(19-17-30)25-4-3-5-27(35-2)24(25)11-14-31-12-9-23(10-13-31)33-15-8-21-6-7-22(28(29)34)20-26(21)33/h3-8,15,20,23H,9-14,16-19H2,1-2H3,(H2,29,34). The Kier molecular flexibility index (Phi) is 6.97. The van der Waals surface area contributed by atoms with E-state index in [1.165, 1.54) is 11.3 Å². The molecule has 35 heavy (non-hydrogen) atoms. The number of rotatable bonds is 7. The Hall–Kier alpha value is -3.03. The second kappa shape index (κ2) is 10.3. The third-order valence-corrected chi connectivity index (χ3v) is 7.81. The van der Waals surface area contributed by atoms with Crippen molar-refractivity contribution in [3.05, 3.63) is 59.8 Å². The van der Waals surface area contributed by atoms with E-state index in [1.54, 1.807) is 7.11 Å². The Morgan fingerprint density at radius 2 is 1.80 bits per heavy atom. The Balaban J connectivity index is 1.24. The van der Waals surface area contributed by atoms with Gasteiger partial charge >= 0.3 is 0 Å². The van der Waals surface area contributed by atoms with Crippen LogP contribution in [0.4, 0.5) is 5.69 Å². The van der Waals surface area contributed by atoms with E-state index in [0.29, 0.717) is 11.6 Å². The number of aromatic nitrogens is 1. The molecule has 0 saturated carbocycles. The van der Waals surface area contributed by atoms with Gasteiger partial charge in [0.25, 0.3) is 0 Å². The van der Waals surface area contributed by atoms with Gasteiger partial charge < -0.3 is 29.7 Å². The summed E-state index contributed by atoms with van der Waals surface area (Å²) in [6.45, 7) is 7.48. The summed E-state index contributed by atoms with van der Waals surface area (Å²) < 4.78 is 8.12. The van der Waals surface area contributed by atoms with Crippen LogP contribution < -0.4 is 15.4 Å². The molecule has 0 bridgehead atoms. The third kappa shape index (κ3) is 5.02. The predicted molar refractivity (Wildman–Crippen MR) is 142 cm³/mol. The van der Waals surface area contributed by atoms with E-state index in [2.05, 4.69) is 56.8 Å². The smallest absolute Gasteiger partial charge is 0.248 e. The van der Waals surface area contributed by atoms with Crippen LogP contribution in [0.25, 0.3) is 10.9 Å². The number of hydrogen-bond donors (Lipinski definition) is 1. The number of carbonyl (C=O) groups excluding carboxylic acids is 1. The number of carbonyl (C=O) groups is 1. The van der Waals surface area contributed by atoms with Gasteiger partial charge in [-0.3, -0.25) is 4.79 Å². The molecule has 0 unspecified atom stereocenters. The maximum absolute atomic E-state index is 11.7. The van der Waals surface area contributed by atoms with Crippen molar-refractivity contribution in [3.63, 3.8) is 0 Å². The highest BCUT2D eigenvalue weighted by atomic mass is 16.5. The fourth-order valence-electron chi connectivity index (χ4n) is 5.65. The first-order chi connectivity index (χ1) is 17.0. The van der Waals surface area contributed by atoms with Gasteiger partial charge in [0.15, 0.2) is 0 Å².